The van der Waals surface area contributed by atoms with Crippen LogP contribution in [0, 0.1) is 0 Å². The van der Waals surface area contributed by atoms with Crippen molar-refractivity contribution in [2.24, 2.45) is 11.5 Å². The molecule has 0 radical (unpaired) electrons. The Labute approximate surface area is 153 Å². The Kier molecular flexibility index (Phi) is 5.35. The molecule has 0 aliphatic carbocycles. The summed E-state index contributed by atoms with van der Waals surface area (Å²) in [4.78, 5) is 25.8. The topological polar surface area (TPSA) is 101 Å². The summed E-state index contributed by atoms with van der Waals surface area (Å²) in [6.45, 7) is 3.31. The molecular weight excluding hydrogens is 328 g/mol. The van der Waals surface area contributed by atoms with Gasteiger partial charge in [-0.15, -0.1) is 0 Å². The van der Waals surface area contributed by atoms with E-state index in [1.165, 1.54) is 5.56 Å². The molecule has 3 rings (SSSR count). The minimum Gasteiger partial charge on any atom is -0.366 e. The van der Waals surface area contributed by atoms with Crippen LogP contribution < -0.4 is 16.8 Å². The highest BCUT2D eigenvalue weighted by molar-refractivity contribution is 5.96. The minimum atomic E-state index is -0.491. The summed E-state index contributed by atoms with van der Waals surface area (Å²) in [6, 6.07) is 16.4. The molecule has 6 heteroatoms. The van der Waals surface area contributed by atoms with E-state index in [1.54, 1.807) is 24.3 Å². The average molecular weight is 352 g/mol. The van der Waals surface area contributed by atoms with E-state index in [0.717, 1.165) is 6.54 Å². The zero-order valence-corrected chi connectivity index (χ0v) is 14.8. The van der Waals surface area contributed by atoms with Gasteiger partial charge < -0.3 is 16.8 Å². The Bertz CT molecular complexity index is 776. The molecule has 0 saturated carbocycles. The highest BCUT2D eigenvalue weighted by Gasteiger charge is 2.35. The monoisotopic (exact) mass is 352 g/mol. The van der Waals surface area contributed by atoms with Crippen molar-refractivity contribution in [1.82, 2.24) is 4.90 Å². The second-order valence-corrected chi connectivity index (χ2v) is 6.74. The number of carbonyl (C=O) groups excluding carboxylic acids is 2. The van der Waals surface area contributed by atoms with Crippen molar-refractivity contribution in [1.29, 1.82) is 0 Å². The third kappa shape index (κ3) is 3.92. The first-order chi connectivity index (χ1) is 12.5. The summed E-state index contributed by atoms with van der Waals surface area (Å²) < 4.78 is 0. The fourth-order valence-corrected chi connectivity index (χ4v) is 3.36. The summed E-state index contributed by atoms with van der Waals surface area (Å²) in [5.41, 5.74) is 13.8. The molecule has 2 aromatic rings. The summed E-state index contributed by atoms with van der Waals surface area (Å²) in [5, 5.41) is 2.88. The zero-order valence-electron chi connectivity index (χ0n) is 14.8. The lowest BCUT2D eigenvalue weighted by Crippen LogP contribution is -2.41. The fraction of sp³-hybridized carbons (Fsp3) is 0.300. The lowest BCUT2D eigenvalue weighted by molar-refractivity contribution is -0.120. The van der Waals surface area contributed by atoms with E-state index in [1.807, 2.05) is 25.1 Å². The van der Waals surface area contributed by atoms with Gasteiger partial charge in [-0.05, 0) is 36.8 Å². The van der Waals surface area contributed by atoms with Crippen LogP contribution in [0.5, 0.6) is 0 Å². The van der Waals surface area contributed by atoms with Gasteiger partial charge in [0, 0.05) is 36.3 Å². The molecular formula is C20H24N4O2. The summed E-state index contributed by atoms with van der Waals surface area (Å²) >= 11 is 0. The van der Waals surface area contributed by atoms with E-state index in [0.29, 0.717) is 17.8 Å². The van der Waals surface area contributed by atoms with Crippen molar-refractivity contribution >= 4 is 17.5 Å². The van der Waals surface area contributed by atoms with Gasteiger partial charge in [0.15, 0.2) is 0 Å². The molecule has 2 amide bonds. The van der Waals surface area contributed by atoms with Gasteiger partial charge in [-0.1, -0.05) is 30.3 Å². The maximum absolute atomic E-state index is 12.6. The predicted molar refractivity (Wildman–Crippen MR) is 102 cm³/mol. The first-order valence-corrected chi connectivity index (χ1v) is 8.71. The van der Waals surface area contributed by atoms with Gasteiger partial charge in [0.25, 0.3) is 0 Å². The van der Waals surface area contributed by atoms with Crippen LogP contribution in [-0.2, 0) is 4.79 Å². The van der Waals surface area contributed by atoms with E-state index in [4.69, 9.17) is 11.5 Å². The number of primary amides is 1. The summed E-state index contributed by atoms with van der Waals surface area (Å²) in [6.07, 6.45) is 0. The number of likely N-dealkylation sites (tertiary alicyclic amines) is 1. The number of hydrogen-bond donors (Lipinski definition) is 3. The number of nitrogens with zero attached hydrogens (tertiary/aromatic N) is 1. The number of hydrogen-bond acceptors (Lipinski definition) is 4. The maximum atomic E-state index is 12.6. The van der Waals surface area contributed by atoms with Crippen molar-refractivity contribution in [3.63, 3.8) is 0 Å². The van der Waals surface area contributed by atoms with E-state index in [-0.39, 0.29) is 23.9 Å². The van der Waals surface area contributed by atoms with Crippen molar-refractivity contribution in [3.8, 4) is 0 Å². The van der Waals surface area contributed by atoms with Crippen molar-refractivity contribution in [2.75, 3.05) is 18.4 Å². The summed E-state index contributed by atoms with van der Waals surface area (Å²) in [5.74, 6) is -0.367. The number of amides is 2. The van der Waals surface area contributed by atoms with E-state index < -0.39 is 5.91 Å². The largest absolute Gasteiger partial charge is 0.366 e. The van der Waals surface area contributed by atoms with Gasteiger partial charge in [-0.2, -0.15) is 0 Å². The van der Waals surface area contributed by atoms with Crippen LogP contribution in [0.1, 0.15) is 28.8 Å². The van der Waals surface area contributed by atoms with Crippen molar-refractivity contribution in [2.45, 2.75) is 24.9 Å². The predicted octanol–water partition coefficient (Wildman–Crippen LogP) is 1.54. The standard InChI is InChI=1S/C20H24N4O2/c1-13(20(26)23-16-9-7-15(8-10-16)19(22)25)24-11-17(18(21)12-24)14-5-3-2-4-6-14/h2-10,13,17-18H,11-12,21H2,1H3,(H2,22,25)(H,23,26)/t13?,17-,18+/m0/s1. The Morgan fingerprint density at radius 1 is 1.08 bits per heavy atom. The molecule has 3 atom stereocenters. The molecule has 5 N–H and O–H groups in total. The molecule has 1 aliphatic heterocycles. The average Bonchev–Trinajstić information content (AvgIpc) is 3.04. The van der Waals surface area contributed by atoms with Crippen LogP contribution in [0.15, 0.2) is 54.6 Å². The Morgan fingerprint density at radius 2 is 1.73 bits per heavy atom. The van der Waals surface area contributed by atoms with Crippen LogP contribution in [0.4, 0.5) is 5.69 Å². The van der Waals surface area contributed by atoms with E-state index in [9.17, 15) is 9.59 Å². The quantitative estimate of drug-likeness (QED) is 0.760. The molecule has 1 aliphatic rings. The van der Waals surface area contributed by atoms with Crippen LogP contribution in [0.3, 0.4) is 0 Å². The molecule has 1 unspecified atom stereocenters. The van der Waals surface area contributed by atoms with Crippen LogP contribution in [0.25, 0.3) is 0 Å². The minimum absolute atomic E-state index is 0.00231. The number of carbonyl (C=O) groups is 2. The number of rotatable bonds is 5. The lowest BCUT2D eigenvalue weighted by Gasteiger charge is -2.23. The molecule has 0 spiro atoms. The number of anilines is 1. The molecule has 6 nitrogen and oxygen atoms in total. The Balaban J connectivity index is 1.62. The lowest BCUT2D eigenvalue weighted by atomic mass is 9.95. The van der Waals surface area contributed by atoms with Crippen LogP contribution in [-0.4, -0.2) is 41.9 Å². The third-order valence-electron chi connectivity index (χ3n) is 4.99. The molecule has 0 aromatic heterocycles. The van der Waals surface area contributed by atoms with Crippen molar-refractivity contribution < 1.29 is 9.59 Å². The van der Waals surface area contributed by atoms with Gasteiger partial charge in [-0.25, -0.2) is 0 Å². The van der Waals surface area contributed by atoms with Gasteiger partial charge in [0.05, 0.1) is 6.04 Å². The first kappa shape index (κ1) is 18.1. The number of nitrogens with one attached hydrogen (secondary N) is 1. The maximum Gasteiger partial charge on any atom is 0.248 e. The first-order valence-electron chi connectivity index (χ1n) is 8.71. The SMILES string of the molecule is CC(C(=O)Nc1ccc(C(N)=O)cc1)N1C[C@@H](N)[C@H](c2ccccc2)C1. The third-order valence-corrected chi connectivity index (χ3v) is 4.99. The molecule has 1 heterocycles. The van der Waals surface area contributed by atoms with Crippen LogP contribution >= 0.6 is 0 Å². The second kappa shape index (κ2) is 7.68. The highest BCUT2D eigenvalue weighted by Crippen LogP contribution is 2.27. The Hall–Kier alpha value is -2.70. The van der Waals surface area contributed by atoms with E-state index in [2.05, 4.69) is 22.3 Å². The normalized spacial score (nSPS) is 21.3. The molecule has 1 saturated heterocycles. The van der Waals surface area contributed by atoms with Gasteiger partial charge in [0.2, 0.25) is 11.8 Å². The molecule has 136 valence electrons. The highest BCUT2D eigenvalue weighted by atomic mass is 16.2. The molecule has 0 bridgehead atoms. The van der Waals surface area contributed by atoms with Crippen molar-refractivity contribution in [3.05, 3.63) is 65.7 Å². The fourth-order valence-electron chi connectivity index (χ4n) is 3.36. The second-order valence-electron chi connectivity index (χ2n) is 6.74. The zero-order chi connectivity index (χ0) is 18.7. The van der Waals surface area contributed by atoms with Gasteiger partial charge in [-0.3, -0.25) is 14.5 Å². The molecule has 2 aromatic carbocycles. The smallest absolute Gasteiger partial charge is 0.248 e. The molecule has 26 heavy (non-hydrogen) atoms. The number of benzene rings is 2. The van der Waals surface area contributed by atoms with Gasteiger partial charge in [0.1, 0.15) is 0 Å². The summed E-state index contributed by atoms with van der Waals surface area (Å²) in [7, 11) is 0. The van der Waals surface area contributed by atoms with E-state index >= 15 is 0 Å². The Morgan fingerprint density at radius 3 is 2.35 bits per heavy atom. The molecule has 1 fully saturated rings. The van der Waals surface area contributed by atoms with Crippen LogP contribution in [0.2, 0.25) is 0 Å². The number of nitrogens with two attached hydrogens (primary N) is 2. The van der Waals surface area contributed by atoms with Gasteiger partial charge >= 0.3 is 0 Å².